The number of rotatable bonds is 5. The molecular weight excluding hydrogens is 282 g/mol. The van der Waals surface area contributed by atoms with E-state index in [2.05, 4.69) is 66.8 Å². The van der Waals surface area contributed by atoms with E-state index in [0.717, 1.165) is 12.1 Å². The van der Waals surface area contributed by atoms with Gasteiger partial charge < -0.3 is 10.4 Å². The fourth-order valence-corrected chi connectivity index (χ4v) is 2.92. The molecule has 0 aliphatic rings. The molecule has 2 N–H and O–H groups in total. The third-order valence-corrected chi connectivity index (χ3v) is 4.36. The molecule has 1 unspecified atom stereocenters. The highest BCUT2D eigenvalue weighted by Gasteiger charge is 2.09. The molecule has 2 atom stereocenters. The summed E-state index contributed by atoms with van der Waals surface area (Å²) in [7, 11) is 0. The summed E-state index contributed by atoms with van der Waals surface area (Å²) in [6.45, 7) is 4.80. The fraction of sp³-hybridized carbons (Fsp3) is 0.238. The van der Waals surface area contributed by atoms with Crippen molar-refractivity contribution in [2.45, 2.75) is 32.5 Å². The monoisotopic (exact) mass is 305 g/mol. The van der Waals surface area contributed by atoms with Gasteiger partial charge in [-0.05, 0) is 41.3 Å². The Labute approximate surface area is 137 Å². The molecule has 2 heteroatoms. The Morgan fingerprint density at radius 3 is 2.30 bits per heavy atom. The van der Waals surface area contributed by atoms with Crippen LogP contribution in [0.25, 0.3) is 10.8 Å². The van der Waals surface area contributed by atoms with Gasteiger partial charge in [0, 0.05) is 12.6 Å². The molecule has 0 bridgehead atoms. The van der Waals surface area contributed by atoms with Gasteiger partial charge in [-0.15, -0.1) is 0 Å². The smallest absolute Gasteiger partial charge is 0.0761 e. The Kier molecular flexibility index (Phi) is 4.75. The summed E-state index contributed by atoms with van der Waals surface area (Å²) < 4.78 is 0. The maximum atomic E-state index is 9.57. The third kappa shape index (κ3) is 3.61. The van der Waals surface area contributed by atoms with Crippen molar-refractivity contribution in [2.75, 3.05) is 0 Å². The first-order valence-electron chi connectivity index (χ1n) is 8.13. The van der Waals surface area contributed by atoms with Gasteiger partial charge in [0.2, 0.25) is 0 Å². The minimum Gasteiger partial charge on any atom is -0.389 e. The summed E-state index contributed by atoms with van der Waals surface area (Å²) in [5, 5.41) is 15.7. The van der Waals surface area contributed by atoms with Crippen LogP contribution in [-0.2, 0) is 6.54 Å². The largest absolute Gasteiger partial charge is 0.389 e. The Morgan fingerprint density at radius 2 is 1.57 bits per heavy atom. The van der Waals surface area contributed by atoms with Crippen molar-refractivity contribution in [1.29, 1.82) is 0 Å². The molecule has 0 aromatic heterocycles. The maximum Gasteiger partial charge on any atom is 0.0761 e. The van der Waals surface area contributed by atoms with Crippen molar-refractivity contribution in [2.24, 2.45) is 0 Å². The van der Waals surface area contributed by atoms with E-state index >= 15 is 0 Å². The summed E-state index contributed by atoms with van der Waals surface area (Å²) >= 11 is 0. The van der Waals surface area contributed by atoms with Crippen LogP contribution < -0.4 is 5.32 Å². The van der Waals surface area contributed by atoms with Gasteiger partial charge in [0.05, 0.1) is 6.10 Å². The van der Waals surface area contributed by atoms with Crippen LogP contribution in [0.2, 0.25) is 0 Å². The predicted molar refractivity (Wildman–Crippen MR) is 96.3 cm³/mol. The zero-order chi connectivity index (χ0) is 16.2. The van der Waals surface area contributed by atoms with E-state index in [1.165, 1.54) is 21.9 Å². The van der Waals surface area contributed by atoms with Gasteiger partial charge in [-0.3, -0.25) is 0 Å². The van der Waals surface area contributed by atoms with Crippen LogP contribution >= 0.6 is 0 Å². The fourth-order valence-electron chi connectivity index (χ4n) is 2.92. The molecule has 3 aromatic carbocycles. The zero-order valence-electron chi connectivity index (χ0n) is 13.7. The van der Waals surface area contributed by atoms with Gasteiger partial charge in [0.1, 0.15) is 0 Å². The Balaban J connectivity index is 1.72. The van der Waals surface area contributed by atoms with Gasteiger partial charge >= 0.3 is 0 Å². The molecule has 118 valence electrons. The molecule has 0 spiro atoms. The third-order valence-electron chi connectivity index (χ3n) is 4.36. The Hall–Kier alpha value is -2.16. The standard InChI is InChI=1S/C21H23NO/c1-15(20-9-5-7-19-6-3-4-8-21(19)20)22-14-17-10-12-18(13-11-17)16(2)23/h3-13,15-16,22-23H,14H2,1-2H3/t15-,16?/m0/s1. The first kappa shape index (κ1) is 15.7. The molecule has 3 rings (SSSR count). The predicted octanol–water partition coefficient (Wildman–Crippen LogP) is 4.74. The zero-order valence-corrected chi connectivity index (χ0v) is 13.7. The molecule has 0 amide bonds. The molecule has 0 radical (unpaired) electrons. The van der Waals surface area contributed by atoms with E-state index in [4.69, 9.17) is 0 Å². The number of benzene rings is 3. The molecule has 0 aliphatic carbocycles. The van der Waals surface area contributed by atoms with Crippen LogP contribution in [0.4, 0.5) is 0 Å². The second-order valence-electron chi connectivity index (χ2n) is 6.09. The van der Waals surface area contributed by atoms with Crippen LogP contribution in [0.15, 0.2) is 66.7 Å². The van der Waals surface area contributed by atoms with E-state index in [9.17, 15) is 5.11 Å². The molecule has 23 heavy (non-hydrogen) atoms. The van der Waals surface area contributed by atoms with Gasteiger partial charge in [0.15, 0.2) is 0 Å². The van der Waals surface area contributed by atoms with Crippen molar-refractivity contribution in [3.8, 4) is 0 Å². The van der Waals surface area contributed by atoms with Crippen LogP contribution in [-0.4, -0.2) is 5.11 Å². The summed E-state index contributed by atoms with van der Waals surface area (Å²) in [6, 6.07) is 23.4. The topological polar surface area (TPSA) is 32.3 Å². The maximum absolute atomic E-state index is 9.57. The molecule has 0 saturated heterocycles. The van der Waals surface area contributed by atoms with Gasteiger partial charge in [-0.1, -0.05) is 66.7 Å². The van der Waals surface area contributed by atoms with Crippen molar-refractivity contribution in [1.82, 2.24) is 5.32 Å². The molecule has 2 nitrogen and oxygen atoms in total. The number of fused-ring (bicyclic) bond motifs is 1. The van der Waals surface area contributed by atoms with Crippen molar-refractivity contribution < 1.29 is 5.11 Å². The minimum absolute atomic E-state index is 0.276. The van der Waals surface area contributed by atoms with Crippen LogP contribution in [0.5, 0.6) is 0 Å². The van der Waals surface area contributed by atoms with Crippen LogP contribution in [0, 0.1) is 0 Å². The molecule has 0 heterocycles. The van der Waals surface area contributed by atoms with Crippen molar-refractivity contribution >= 4 is 10.8 Å². The van der Waals surface area contributed by atoms with Crippen molar-refractivity contribution in [3.05, 3.63) is 83.4 Å². The average Bonchev–Trinajstić information content (AvgIpc) is 2.59. The molecule has 3 aromatic rings. The lowest BCUT2D eigenvalue weighted by Crippen LogP contribution is -2.18. The normalized spacial score (nSPS) is 13.9. The van der Waals surface area contributed by atoms with Crippen LogP contribution in [0.1, 0.15) is 42.7 Å². The Bertz CT molecular complexity index is 772. The van der Waals surface area contributed by atoms with E-state index in [1.54, 1.807) is 6.92 Å². The quantitative estimate of drug-likeness (QED) is 0.713. The summed E-state index contributed by atoms with van der Waals surface area (Å²) in [4.78, 5) is 0. The molecular formula is C21H23NO. The van der Waals surface area contributed by atoms with Crippen molar-refractivity contribution in [3.63, 3.8) is 0 Å². The first-order chi connectivity index (χ1) is 11.1. The molecule has 0 aliphatic heterocycles. The lowest BCUT2D eigenvalue weighted by atomic mass is 9.99. The van der Waals surface area contributed by atoms with Gasteiger partial charge in [0.25, 0.3) is 0 Å². The lowest BCUT2D eigenvalue weighted by Gasteiger charge is -2.17. The van der Waals surface area contributed by atoms with Gasteiger partial charge in [-0.25, -0.2) is 0 Å². The highest BCUT2D eigenvalue weighted by Crippen LogP contribution is 2.24. The number of hydrogen-bond acceptors (Lipinski definition) is 2. The number of aliphatic hydroxyl groups excluding tert-OH is 1. The van der Waals surface area contributed by atoms with Crippen LogP contribution in [0.3, 0.4) is 0 Å². The SMILES string of the molecule is CC(O)c1ccc(CN[C@@H](C)c2cccc3ccccc23)cc1. The highest BCUT2D eigenvalue weighted by atomic mass is 16.3. The Morgan fingerprint density at radius 1 is 0.870 bits per heavy atom. The second kappa shape index (κ2) is 6.95. The molecule has 0 saturated carbocycles. The number of hydrogen-bond donors (Lipinski definition) is 2. The first-order valence-corrected chi connectivity index (χ1v) is 8.13. The second-order valence-corrected chi connectivity index (χ2v) is 6.09. The lowest BCUT2D eigenvalue weighted by molar-refractivity contribution is 0.199. The number of nitrogens with one attached hydrogen (secondary N) is 1. The van der Waals surface area contributed by atoms with E-state index < -0.39 is 6.10 Å². The summed E-state index contributed by atoms with van der Waals surface area (Å²) in [5.74, 6) is 0. The van der Waals surface area contributed by atoms with Gasteiger partial charge in [-0.2, -0.15) is 0 Å². The molecule has 0 fully saturated rings. The van der Waals surface area contributed by atoms with E-state index in [1.807, 2.05) is 12.1 Å². The van der Waals surface area contributed by atoms with E-state index in [0.29, 0.717) is 0 Å². The van der Waals surface area contributed by atoms with E-state index in [-0.39, 0.29) is 6.04 Å². The highest BCUT2D eigenvalue weighted by molar-refractivity contribution is 5.86. The summed E-state index contributed by atoms with van der Waals surface area (Å²) in [6.07, 6.45) is -0.411. The number of aliphatic hydroxyl groups is 1. The summed E-state index contributed by atoms with van der Waals surface area (Å²) in [5.41, 5.74) is 3.50. The minimum atomic E-state index is -0.411. The average molecular weight is 305 g/mol.